The van der Waals surface area contributed by atoms with Crippen molar-refractivity contribution in [3.63, 3.8) is 0 Å². The minimum Gasteiger partial charge on any atom is -0.508 e. The summed E-state index contributed by atoms with van der Waals surface area (Å²) in [4.78, 5) is 21.8. The van der Waals surface area contributed by atoms with Crippen molar-refractivity contribution in [2.75, 3.05) is 5.32 Å². The predicted octanol–water partition coefficient (Wildman–Crippen LogP) is 3.69. The summed E-state index contributed by atoms with van der Waals surface area (Å²) in [5.74, 6) is 1.64. The van der Waals surface area contributed by atoms with E-state index in [1.54, 1.807) is 23.0 Å². The predicted molar refractivity (Wildman–Crippen MR) is 110 cm³/mol. The minimum absolute atomic E-state index is 0.140. The van der Waals surface area contributed by atoms with Crippen molar-refractivity contribution in [1.29, 1.82) is 0 Å². The van der Waals surface area contributed by atoms with Crippen LogP contribution >= 0.6 is 11.8 Å². The Balaban J connectivity index is 1.52. The normalized spacial score (nSPS) is 18.2. The molecule has 1 aliphatic heterocycles. The molecule has 0 saturated carbocycles. The maximum absolute atomic E-state index is 12.8. The van der Waals surface area contributed by atoms with Crippen LogP contribution in [0.15, 0.2) is 65.1 Å². The monoisotopic (exact) mass is 405 g/mol. The molecule has 0 bridgehead atoms. The highest BCUT2D eigenvalue weighted by Crippen LogP contribution is 2.40. The van der Waals surface area contributed by atoms with Crippen LogP contribution < -0.4 is 5.32 Å². The van der Waals surface area contributed by atoms with Gasteiger partial charge in [-0.25, -0.2) is 4.68 Å². The van der Waals surface area contributed by atoms with Crippen molar-refractivity contribution < 1.29 is 9.90 Å². The fraction of sp³-hybridized carbons (Fsp3) is 0.238. The molecule has 0 radical (unpaired) electrons. The van der Waals surface area contributed by atoms with Gasteiger partial charge in [-0.3, -0.25) is 9.78 Å². The molecule has 29 heavy (non-hydrogen) atoms. The second-order valence-electron chi connectivity index (χ2n) is 7.06. The van der Waals surface area contributed by atoms with Gasteiger partial charge < -0.3 is 10.4 Å². The number of nitrogens with one attached hydrogen (secondary N) is 1. The number of rotatable bonds is 4. The van der Waals surface area contributed by atoms with Crippen molar-refractivity contribution in [2.24, 2.45) is 0 Å². The molecule has 0 unspecified atom stereocenters. The number of hydrogen-bond donors (Lipinski definition) is 2. The SMILES string of the molecule is O=C1CCCC2=C1[C@@H](c1ccc(O)cc1)n1nc(SCc3ccccn3)nc1N2. The Labute approximate surface area is 171 Å². The lowest BCUT2D eigenvalue weighted by atomic mass is 9.85. The zero-order chi connectivity index (χ0) is 19.8. The number of ketones is 1. The molecule has 3 aromatic rings. The molecule has 146 valence electrons. The summed E-state index contributed by atoms with van der Waals surface area (Å²) in [7, 11) is 0. The molecule has 1 aromatic carbocycles. The number of phenols is 1. The lowest BCUT2D eigenvalue weighted by molar-refractivity contribution is -0.116. The molecule has 0 amide bonds. The molecule has 2 aliphatic rings. The molecule has 8 heteroatoms. The van der Waals surface area contributed by atoms with Gasteiger partial charge in [-0.05, 0) is 42.7 Å². The number of carbonyl (C=O) groups is 1. The summed E-state index contributed by atoms with van der Waals surface area (Å²) in [5.41, 5.74) is 3.54. The molecule has 3 heterocycles. The zero-order valence-electron chi connectivity index (χ0n) is 15.6. The van der Waals surface area contributed by atoms with Gasteiger partial charge in [0.2, 0.25) is 11.1 Å². The molecule has 2 N–H and O–H groups in total. The molecular weight excluding hydrogens is 386 g/mol. The van der Waals surface area contributed by atoms with Gasteiger partial charge in [-0.2, -0.15) is 4.98 Å². The highest BCUT2D eigenvalue weighted by Gasteiger charge is 2.36. The van der Waals surface area contributed by atoms with E-state index in [9.17, 15) is 9.90 Å². The van der Waals surface area contributed by atoms with E-state index in [0.29, 0.717) is 23.3 Å². The largest absolute Gasteiger partial charge is 0.508 e. The van der Waals surface area contributed by atoms with Gasteiger partial charge in [-0.15, -0.1) is 5.10 Å². The number of benzene rings is 1. The molecule has 1 atom stereocenters. The first-order valence-electron chi connectivity index (χ1n) is 9.50. The third-order valence-electron chi connectivity index (χ3n) is 5.13. The van der Waals surface area contributed by atoms with Crippen LogP contribution in [-0.4, -0.2) is 30.6 Å². The lowest BCUT2D eigenvalue weighted by Gasteiger charge is -2.32. The summed E-state index contributed by atoms with van der Waals surface area (Å²) in [6.07, 6.45) is 3.97. The average molecular weight is 405 g/mol. The standard InChI is InChI=1S/C21H19N5O2S/c27-15-9-7-13(8-10-15)19-18-16(5-3-6-17(18)28)23-20-24-21(25-26(19)20)29-12-14-4-1-2-11-22-14/h1-2,4,7-11,19,27H,3,5-6,12H2,(H,23,24,25)/t19-/m1/s1. The number of anilines is 1. The fourth-order valence-electron chi connectivity index (χ4n) is 3.78. The molecular formula is C21H19N5O2S. The Morgan fingerprint density at radius 1 is 1.17 bits per heavy atom. The van der Waals surface area contributed by atoms with Gasteiger partial charge in [0.25, 0.3) is 0 Å². The Bertz CT molecular complexity index is 1090. The number of Topliss-reactive ketones (excluding diaryl/α,β-unsaturated/α-hetero) is 1. The van der Waals surface area contributed by atoms with Crippen molar-refractivity contribution >= 4 is 23.5 Å². The van der Waals surface area contributed by atoms with Crippen molar-refractivity contribution in [3.8, 4) is 5.75 Å². The molecule has 0 fully saturated rings. The first-order valence-corrected chi connectivity index (χ1v) is 10.5. The lowest BCUT2D eigenvalue weighted by Crippen LogP contribution is -2.31. The Morgan fingerprint density at radius 2 is 2.03 bits per heavy atom. The van der Waals surface area contributed by atoms with Gasteiger partial charge in [-0.1, -0.05) is 30.0 Å². The number of allylic oxidation sites excluding steroid dienone is 2. The van der Waals surface area contributed by atoms with Crippen molar-refractivity contribution in [2.45, 2.75) is 36.2 Å². The Morgan fingerprint density at radius 3 is 2.83 bits per heavy atom. The van der Waals surface area contributed by atoms with E-state index in [-0.39, 0.29) is 17.6 Å². The molecule has 1 aliphatic carbocycles. The number of nitrogens with zero attached hydrogens (tertiary/aromatic N) is 4. The van der Waals surface area contributed by atoms with Crippen LogP contribution in [0.4, 0.5) is 5.95 Å². The van der Waals surface area contributed by atoms with Crippen LogP contribution in [-0.2, 0) is 10.5 Å². The number of phenolic OH excluding ortho intramolecular Hbond substituents is 1. The minimum atomic E-state index is -0.341. The molecule has 5 rings (SSSR count). The van der Waals surface area contributed by atoms with Crippen LogP contribution in [0.3, 0.4) is 0 Å². The van der Waals surface area contributed by atoms with E-state index >= 15 is 0 Å². The van der Waals surface area contributed by atoms with Gasteiger partial charge in [0.1, 0.15) is 11.8 Å². The van der Waals surface area contributed by atoms with Gasteiger partial charge in [0.05, 0.1) is 5.69 Å². The van der Waals surface area contributed by atoms with Crippen LogP contribution in [0.5, 0.6) is 5.75 Å². The van der Waals surface area contributed by atoms with E-state index in [0.717, 1.165) is 35.4 Å². The molecule has 7 nitrogen and oxygen atoms in total. The quantitative estimate of drug-likeness (QED) is 0.640. The number of hydrogen-bond acceptors (Lipinski definition) is 7. The second kappa shape index (κ2) is 7.36. The first-order chi connectivity index (χ1) is 14.2. The summed E-state index contributed by atoms with van der Waals surface area (Å²) in [6.45, 7) is 0. The van der Waals surface area contributed by atoms with Crippen LogP contribution in [0.2, 0.25) is 0 Å². The molecule has 0 saturated heterocycles. The number of thioether (sulfide) groups is 1. The molecule has 0 spiro atoms. The molecule has 2 aromatic heterocycles. The van der Waals surface area contributed by atoms with E-state index in [1.165, 1.54) is 11.8 Å². The van der Waals surface area contributed by atoms with Crippen LogP contribution in [0.1, 0.15) is 36.6 Å². The van der Waals surface area contributed by atoms with E-state index < -0.39 is 0 Å². The smallest absolute Gasteiger partial charge is 0.227 e. The van der Waals surface area contributed by atoms with Gasteiger partial charge >= 0.3 is 0 Å². The van der Waals surface area contributed by atoms with Crippen molar-refractivity contribution in [3.05, 3.63) is 71.2 Å². The van der Waals surface area contributed by atoms with Crippen LogP contribution in [0.25, 0.3) is 0 Å². The van der Waals surface area contributed by atoms with Gasteiger partial charge in [0, 0.05) is 29.6 Å². The highest BCUT2D eigenvalue weighted by atomic mass is 32.2. The van der Waals surface area contributed by atoms with Crippen molar-refractivity contribution in [1.82, 2.24) is 19.7 Å². The summed E-state index contributed by atoms with van der Waals surface area (Å²) < 4.78 is 1.79. The second-order valence-corrected chi connectivity index (χ2v) is 8.00. The average Bonchev–Trinajstić information content (AvgIpc) is 3.15. The summed E-state index contributed by atoms with van der Waals surface area (Å²) in [5, 5.41) is 18.3. The highest BCUT2D eigenvalue weighted by molar-refractivity contribution is 7.98. The maximum atomic E-state index is 12.8. The van der Waals surface area contributed by atoms with E-state index in [1.807, 2.05) is 30.3 Å². The number of fused-ring (bicyclic) bond motifs is 1. The number of aromatic hydroxyl groups is 1. The first kappa shape index (κ1) is 17.9. The van der Waals surface area contributed by atoms with E-state index in [2.05, 4.69) is 15.3 Å². The zero-order valence-corrected chi connectivity index (χ0v) is 16.4. The summed E-state index contributed by atoms with van der Waals surface area (Å²) >= 11 is 1.51. The number of carbonyl (C=O) groups excluding carboxylic acids is 1. The van der Waals surface area contributed by atoms with Crippen LogP contribution in [0, 0.1) is 0 Å². The topological polar surface area (TPSA) is 92.9 Å². The summed E-state index contributed by atoms with van der Waals surface area (Å²) in [6, 6.07) is 12.4. The maximum Gasteiger partial charge on any atom is 0.227 e. The fourth-order valence-corrected chi connectivity index (χ4v) is 4.53. The van der Waals surface area contributed by atoms with Gasteiger partial charge in [0.15, 0.2) is 5.78 Å². The number of pyridine rings is 1. The third-order valence-corrected chi connectivity index (χ3v) is 6.00. The van der Waals surface area contributed by atoms with E-state index in [4.69, 9.17) is 5.10 Å². The number of aromatic nitrogens is 4. The third kappa shape index (κ3) is 3.40. The Hall–Kier alpha value is -3.13. The Kier molecular flexibility index (Phi) is 4.55.